The highest BCUT2D eigenvalue weighted by atomic mass is 16.2. The van der Waals surface area contributed by atoms with Crippen LogP contribution in [0, 0.1) is 13.8 Å². The monoisotopic (exact) mass is 234 g/mol. The number of rotatable bonds is 4. The number of hydrogen-bond acceptors (Lipinski definition) is 1. The van der Waals surface area contributed by atoms with E-state index in [-0.39, 0.29) is 12.1 Å². The molecule has 0 bridgehead atoms. The fourth-order valence-electron chi connectivity index (χ4n) is 1.75. The molecule has 94 valence electrons. The molecule has 0 aromatic heterocycles. The van der Waals surface area contributed by atoms with Crippen LogP contribution in [0.25, 0.3) is 0 Å². The maximum Gasteiger partial charge on any atom is 0.314 e. The molecule has 3 nitrogen and oxygen atoms in total. The van der Waals surface area contributed by atoms with Gasteiger partial charge in [0.1, 0.15) is 0 Å². The predicted octanol–water partition coefficient (Wildman–Crippen LogP) is 2.55. The molecule has 0 fully saturated rings. The van der Waals surface area contributed by atoms with Crippen LogP contribution in [0.5, 0.6) is 0 Å². The molecule has 0 aliphatic carbocycles. The number of carbonyl (C=O) groups excluding carboxylic acids is 1. The van der Waals surface area contributed by atoms with Gasteiger partial charge in [-0.3, -0.25) is 0 Å². The minimum absolute atomic E-state index is 0.0928. The summed E-state index contributed by atoms with van der Waals surface area (Å²) in [5.41, 5.74) is 3.85. The van der Waals surface area contributed by atoms with Crippen LogP contribution in [0.3, 0.4) is 0 Å². The summed E-state index contributed by atoms with van der Waals surface area (Å²) in [6.45, 7) is 8.76. The van der Waals surface area contributed by atoms with Gasteiger partial charge < -0.3 is 10.6 Å². The molecule has 0 spiro atoms. The van der Waals surface area contributed by atoms with Gasteiger partial charge in [-0.25, -0.2) is 4.79 Å². The molecule has 1 rings (SSSR count). The first-order valence-corrected chi connectivity index (χ1v) is 6.09. The van der Waals surface area contributed by atoms with E-state index in [9.17, 15) is 4.79 Å². The molecular weight excluding hydrogens is 212 g/mol. The van der Waals surface area contributed by atoms with Crippen molar-refractivity contribution < 1.29 is 4.79 Å². The van der Waals surface area contributed by atoms with Gasteiger partial charge in [-0.05, 0) is 45.2 Å². The quantitative estimate of drug-likeness (QED) is 0.826. The largest absolute Gasteiger partial charge is 0.338 e. The molecule has 0 aliphatic heterocycles. The molecule has 0 atom stereocenters. The summed E-state index contributed by atoms with van der Waals surface area (Å²) >= 11 is 0. The van der Waals surface area contributed by atoms with E-state index in [1.54, 1.807) is 0 Å². The van der Waals surface area contributed by atoms with Crippen LogP contribution in [0.15, 0.2) is 18.2 Å². The molecule has 2 amide bonds. The molecule has 0 saturated heterocycles. The maximum absolute atomic E-state index is 11.4. The van der Waals surface area contributed by atoms with Gasteiger partial charge in [-0.2, -0.15) is 0 Å². The first-order valence-electron chi connectivity index (χ1n) is 6.09. The van der Waals surface area contributed by atoms with Gasteiger partial charge in [0.15, 0.2) is 0 Å². The Kier molecular flexibility index (Phi) is 5.01. The van der Waals surface area contributed by atoms with Crippen molar-refractivity contribution in [2.24, 2.45) is 0 Å². The molecule has 0 aliphatic rings. The molecule has 1 aromatic carbocycles. The van der Waals surface area contributed by atoms with E-state index in [1.807, 2.05) is 13.8 Å². The zero-order valence-electron chi connectivity index (χ0n) is 11.1. The molecule has 3 heteroatoms. The lowest BCUT2D eigenvalue weighted by Gasteiger charge is -2.11. The smallest absolute Gasteiger partial charge is 0.314 e. The van der Waals surface area contributed by atoms with Crippen LogP contribution in [0.4, 0.5) is 4.79 Å². The summed E-state index contributed by atoms with van der Waals surface area (Å²) in [5, 5.41) is 5.66. The topological polar surface area (TPSA) is 41.1 Å². The SMILES string of the molecule is Cc1ccc(CCNC(=O)NC(C)C)c(C)c1. The number of benzene rings is 1. The van der Waals surface area contributed by atoms with Crippen LogP contribution >= 0.6 is 0 Å². The van der Waals surface area contributed by atoms with Gasteiger partial charge in [0.2, 0.25) is 0 Å². The summed E-state index contributed by atoms with van der Waals surface area (Å²) in [6.07, 6.45) is 0.873. The van der Waals surface area contributed by atoms with Crippen molar-refractivity contribution in [1.82, 2.24) is 10.6 Å². The Morgan fingerprint density at radius 2 is 2.00 bits per heavy atom. The van der Waals surface area contributed by atoms with Crippen molar-refractivity contribution >= 4 is 6.03 Å². The van der Waals surface area contributed by atoms with Crippen molar-refractivity contribution in [3.63, 3.8) is 0 Å². The van der Waals surface area contributed by atoms with E-state index in [4.69, 9.17) is 0 Å². The van der Waals surface area contributed by atoms with E-state index >= 15 is 0 Å². The van der Waals surface area contributed by atoms with Gasteiger partial charge in [0, 0.05) is 12.6 Å². The highest BCUT2D eigenvalue weighted by Gasteiger charge is 2.02. The Bertz CT molecular complexity index is 386. The fourth-order valence-corrected chi connectivity index (χ4v) is 1.75. The van der Waals surface area contributed by atoms with Crippen molar-refractivity contribution in [3.8, 4) is 0 Å². The third-order valence-electron chi connectivity index (χ3n) is 2.60. The Labute approximate surface area is 104 Å². The standard InChI is InChI=1S/C14H22N2O/c1-10(2)16-14(17)15-8-7-13-6-5-11(3)9-12(13)4/h5-6,9-10H,7-8H2,1-4H3,(H2,15,16,17). The minimum atomic E-state index is -0.0928. The molecule has 0 heterocycles. The average molecular weight is 234 g/mol. The summed E-state index contributed by atoms with van der Waals surface area (Å²) in [5.74, 6) is 0. The van der Waals surface area contributed by atoms with Crippen LogP contribution in [-0.4, -0.2) is 18.6 Å². The molecule has 0 saturated carbocycles. The molecular formula is C14H22N2O. The third-order valence-corrected chi connectivity index (χ3v) is 2.60. The highest BCUT2D eigenvalue weighted by Crippen LogP contribution is 2.10. The van der Waals surface area contributed by atoms with Crippen molar-refractivity contribution in [2.45, 2.75) is 40.2 Å². The van der Waals surface area contributed by atoms with Gasteiger partial charge in [0.25, 0.3) is 0 Å². The second-order valence-electron chi connectivity index (χ2n) is 4.73. The lowest BCUT2D eigenvalue weighted by Crippen LogP contribution is -2.40. The Morgan fingerprint density at radius 3 is 2.59 bits per heavy atom. The Balaban J connectivity index is 2.38. The highest BCUT2D eigenvalue weighted by molar-refractivity contribution is 5.74. The molecule has 2 N–H and O–H groups in total. The van der Waals surface area contributed by atoms with Crippen LogP contribution < -0.4 is 10.6 Å². The molecule has 0 radical (unpaired) electrons. The van der Waals surface area contributed by atoms with E-state index in [0.29, 0.717) is 6.54 Å². The lowest BCUT2D eigenvalue weighted by atomic mass is 10.0. The van der Waals surface area contributed by atoms with E-state index in [1.165, 1.54) is 16.7 Å². The normalized spacial score (nSPS) is 10.4. The predicted molar refractivity (Wildman–Crippen MR) is 71.3 cm³/mol. The third kappa shape index (κ3) is 4.89. The first-order chi connectivity index (χ1) is 7.99. The number of amides is 2. The summed E-state index contributed by atoms with van der Waals surface area (Å²) in [6, 6.07) is 6.49. The van der Waals surface area contributed by atoms with Gasteiger partial charge in [-0.15, -0.1) is 0 Å². The van der Waals surface area contributed by atoms with Crippen molar-refractivity contribution in [2.75, 3.05) is 6.54 Å². The van der Waals surface area contributed by atoms with Crippen molar-refractivity contribution in [1.29, 1.82) is 0 Å². The number of hydrogen-bond donors (Lipinski definition) is 2. The summed E-state index contributed by atoms with van der Waals surface area (Å²) in [7, 11) is 0. The second kappa shape index (κ2) is 6.28. The van der Waals surface area contributed by atoms with Crippen LogP contribution in [0.1, 0.15) is 30.5 Å². The van der Waals surface area contributed by atoms with Gasteiger partial charge >= 0.3 is 6.03 Å². The number of nitrogens with one attached hydrogen (secondary N) is 2. The van der Waals surface area contributed by atoms with Gasteiger partial charge in [-0.1, -0.05) is 23.8 Å². The minimum Gasteiger partial charge on any atom is -0.338 e. The lowest BCUT2D eigenvalue weighted by molar-refractivity contribution is 0.238. The zero-order valence-corrected chi connectivity index (χ0v) is 11.1. The number of aryl methyl sites for hydroxylation is 2. The molecule has 1 aromatic rings. The molecule has 0 unspecified atom stereocenters. The van der Waals surface area contributed by atoms with E-state index < -0.39 is 0 Å². The zero-order chi connectivity index (χ0) is 12.8. The van der Waals surface area contributed by atoms with E-state index in [2.05, 4.69) is 42.7 Å². The van der Waals surface area contributed by atoms with E-state index in [0.717, 1.165) is 6.42 Å². The first kappa shape index (κ1) is 13.6. The molecule has 17 heavy (non-hydrogen) atoms. The Morgan fingerprint density at radius 1 is 1.29 bits per heavy atom. The van der Waals surface area contributed by atoms with Crippen molar-refractivity contribution in [3.05, 3.63) is 34.9 Å². The average Bonchev–Trinajstić information content (AvgIpc) is 2.20. The summed E-state index contributed by atoms with van der Waals surface area (Å²) in [4.78, 5) is 11.4. The fraction of sp³-hybridized carbons (Fsp3) is 0.500. The Hall–Kier alpha value is -1.51. The maximum atomic E-state index is 11.4. The number of carbonyl (C=O) groups is 1. The van der Waals surface area contributed by atoms with Gasteiger partial charge in [0.05, 0.1) is 0 Å². The van der Waals surface area contributed by atoms with Crippen LogP contribution in [-0.2, 0) is 6.42 Å². The summed E-state index contributed by atoms with van der Waals surface area (Å²) < 4.78 is 0. The van der Waals surface area contributed by atoms with Crippen LogP contribution in [0.2, 0.25) is 0 Å². The second-order valence-corrected chi connectivity index (χ2v) is 4.73. The number of urea groups is 1.